The molecule has 0 spiro atoms. The molecule has 0 aromatic carbocycles. The second-order valence-electron chi connectivity index (χ2n) is 9.88. The first-order valence-electron chi connectivity index (χ1n) is 10.2. The number of fused-ring (bicyclic) bond motifs is 5. The number of carbonyl (C=O) groups excluding carboxylic acids is 1. The van der Waals surface area contributed by atoms with Crippen molar-refractivity contribution in [2.45, 2.75) is 77.7 Å². The molecule has 8 atom stereocenters. The summed E-state index contributed by atoms with van der Waals surface area (Å²) in [5.74, 6) is 3.08. The summed E-state index contributed by atoms with van der Waals surface area (Å²) in [4.78, 5) is 12.3. The molecule has 4 saturated carbocycles. The van der Waals surface area contributed by atoms with Gasteiger partial charge in [0.2, 0.25) is 0 Å². The molecule has 4 fully saturated rings. The molecule has 0 aliphatic heterocycles. The summed E-state index contributed by atoms with van der Waals surface area (Å²) in [6.07, 6.45) is 10.2. The highest BCUT2D eigenvalue weighted by Crippen LogP contribution is 2.67. The summed E-state index contributed by atoms with van der Waals surface area (Å²) >= 11 is 0. The van der Waals surface area contributed by atoms with Gasteiger partial charge in [-0.05, 0) is 92.3 Å². The molecule has 4 aliphatic carbocycles. The van der Waals surface area contributed by atoms with Crippen LogP contribution in [0.4, 0.5) is 0 Å². The zero-order valence-electron chi connectivity index (χ0n) is 15.3. The minimum absolute atomic E-state index is 0.0773. The molecule has 0 bridgehead atoms. The Bertz CT molecular complexity index is 517. The van der Waals surface area contributed by atoms with Gasteiger partial charge in [-0.2, -0.15) is 0 Å². The highest BCUT2D eigenvalue weighted by Gasteiger charge is 2.60. The molecule has 0 aromatic heterocycles. The lowest BCUT2D eigenvalue weighted by Crippen LogP contribution is -2.54. The van der Waals surface area contributed by atoms with Gasteiger partial charge in [0.15, 0.2) is 5.78 Å². The van der Waals surface area contributed by atoms with Gasteiger partial charge in [0.1, 0.15) is 6.61 Å². The van der Waals surface area contributed by atoms with Crippen molar-refractivity contribution < 1.29 is 15.0 Å². The lowest BCUT2D eigenvalue weighted by Gasteiger charge is -2.60. The van der Waals surface area contributed by atoms with E-state index in [1.807, 2.05) is 0 Å². The minimum Gasteiger partial charge on any atom is -0.393 e. The molecule has 2 N–H and O–H groups in total. The van der Waals surface area contributed by atoms with Crippen LogP contribution in [-0.4, -0.2) is 28.7 Å². The van der Waals surface area contributed by atoms with E-state index >= 15 is 0 Å². The van der Waals surface area contributed by atoms with Crippen molar-refractivity contribution in [3.63, 3.8) is 0 Å². The first-order chi connectivity index (χ1) is 11.4. The molecule has 0 heterocycles. The van der Waals surface area contributed by atoms with Gasteiger partial charge in [-0.3, -0.25) is 4.79 Å². The first kappa shape index (κ1) is 17.0. The highest BCUT2D eigenvalue weighted by molar-refractivity contribution is 5.83. The third kappa shape index (κ3) is 2.26. The molecule has 3 nitrogen and oxygen atoms in total. The van der Waals surface area contributed by atoms with Crippen LogP contribution in [0.1, 0.15) is 71.6 Å². The smallest absolute Gasteiger partial charge is 0.161 e. The number of hydrogen-bond donors (Lipinski definition) is 2. The molecular weight excluding hydrogens is 300 g/mol. The standard InChI is InChI=1S/C21H34O3/c1-20-9-7-14(23)11-13(20)3-4-15-16-5-6-18(19(24)12-22)21(16,2)10-8-17(15)20/h13-18,22-23H,3-12H2,1-2H3/t13?,14?,15?,16?,17?,18-,20?,21+/m1/s1. The summed E-state index contributed by atoms with van der Waals surface area (Å²) in [5, 5.41) is 19.5. The van der Waals surface area contributed by atoms with Gasteiger partial charge in [0.25, 0.3) is 0 Å². The fourth-order valence-corrected chi connectivity index (χ4v) is 7.87. The fraction of sp³-hybridized carbons (Fsp3) is 0.952. The van der Waals surface area contributed by atoms with E-state index in [4.69, 9.17) is 0 Å². The topological polar surface area (TPSA) is 57.5 Å². The van der Waals surface area contributed by atoms with Crippen LogP contribution in [0.25, 0.3) is 0 Å². The number of rotatable bonds is 2. The van der Waals surface area contributed by atoms with E-state index in [2.05, 4.69) is 13.8 Å². The van der Waals surface area contributed by atoms with Gasteiger partial charge >= 0.3 is 0 Å². The van der Waals surface area contributed by atoms with Gasteiger partial charge in [-0.15, -0.1) is 0 Å². The molecule has 0 radical (unpaired) electrons. The maximum atomic E-state index is 12.3. The van der Waals surface area contributed by atoms with Crippen LogP contribution in [0.5, 0.6) is 0 Å². The Kier molecular flexibility index (Phi) is 4.12. The second-order valence-corrected chi connectivity index (χ2v) is 9.88. The highest BCUT2D eigenvalue weighted by atomic mass is 16.3. The average molecular weight is 335 g/mol. The SMILES string of the molecule is CC12CCC(O)CC1CCC1C2CC[C@@]2(C)C1CC[C@@H]2C(=O)CO. The van der Waals surface area contributed by atoms with Crippen LogP contribution >= 0.6 is 0 Å². The van der Waals surface area contributed by atoms with E-state index in [9.17, 15) is 15.0 Å². The van der Waals surface area contributed by atoms with Crippen LogP contribution in [0.2, 0.25) is 0 Å². The molecule has 4 aliphatic rings. The van der Waals surface area contributed by atoms with Gasteiger partial charge in [-0.1, -0.05) is 13.8 Å². The quantitative estimate of drug-likeness (QED) is 0.812. The van der Waals surface area contributed by atoms with E-state index in [1.54, 1.807) is 0 Å². The largest absolute Gasteiger partial charge is 0.393 e. The maximum absolute atomic E-state index is 12.3. The summed E-state index contributed by atoms with van der Waals surface area (Å²) in [6, 6.07) is 0. The van der Waals surface area contributed by atoms with Crippen LogP contribution in [0.15, 0.2) is 0 Å². The number of Topliss-reactive ketones (excluding diaryl/α,β-unsaturated/α-hetero) is 1. The molecule has 136 valence electrons. The van der Waals surface area contributed by atoms with Gasteiger partial charge in [0.05, 0.1) is 6.10 Å². The van der Waals surface area contributed by atoms with Crippen LogP contribution < -0.4 is 0 Å². The molecule has 6 unspecified atom stereocenters. The zero-order valence-corrected chi connectivity index (χ0v) is 15.3. The average Bonchev–Trinajstić information content (AvgIpc) is 2.92. The lowest BCUT2D eigenvalue weighted by atomic mass is 9.44. The van der Waals surface area contributed by atoms with E-state index in [0.29, 0.717) is 17.3 Å². The van der Waals surface area contributed by atoms with Crippen molar-refractivity contribution >= 4 is 5.78 Å². The van der Waals surface area contributed by atoms with Crippen molar-refractivity contribution in [1.82, 2.24) is 0 Å². The number of carbonyl (C=O) groups is 1. The van der Waals surface area contributed by atoms with Crippen molar-refractivity contribution in [2.24, 2.45) is 40.4 Å². The molecular formula is C21H34O3. The fourth-order valence-electron chi connectivity index (χ4n) is 7.87. The normalized spacial score (nSPS) is 53.8. The van der Waals surface area contributed by atoms with Gasteiger partial charge < -0.3 is 10.2 Å². The van der Waals surface area contributed by atoms with E-state index < -0.39 is 0 Å². The second kappa shape index (κ2) is 5.81. The number of ketones is 1. The maximum Gasteiger partial charge on any atom is 0.161 e. The third-order valence-electron chi connectivity index (χ3n) is 9.18. The Morgan fingerprint density at radius 1 is 0.958 bits per heavy atom. The van der Waals surface area contributed by atoms with E-state index in [1.165, 1.54) is 32.1 Å². The summed E-state index contributed by atoms with van der Waals surface area (Å²) in [5.41, 5.74) is 0.529. The first-order valence-corrected chi connectivity index (χ1v) is 10.2. The molecule has 4 rings (SSSR count). The predicted octanol–water partition coefficient (Wildman–Crippen LogP) is 3.57. The van der Waals surface area contributed by atoms with Crippen molar-refractivity contribution in [3.8, 4) is 0 Å². The minimum atomic E-state index is -0.279. The van der Waals surface area contributed by atoms with Crippen molar-refractivity contribution in [3.05, 3.63) is 0 Å². The van der Waals surface area contributed by atoms with Crippen LogP contribution in [0.3, 0.4) is 0 Å². The Balaban J connectivity index is 1.60. The Morgan fingerprint density at radius 3 is 2.42 bits per heavy atom. The predicted molar refractivity (Wildman–Crippen MR) is 93.3 cm³/mol. The molecule has 24 heavy (non-hydrogen) atoms. The Hall–Kier alpha value is -0.410. The van der Waals surface area contributed by atoms with Crippen molar-refractivity contribution in [2.75, 3.05) is 6.61 Å². The van der Waals surface area contributed by atoms with Gasteiger partial charge in [0, 0.05) is 5.92 Å². The number of aliphatic hydroxyl groups excluding tert-OH is 2. The monoisotopic (exact) mass is 334 g/mol. The van der Waals surface area contributed by atoms with Crippen LogP contribution in [0, 0.1) is 40.4 Å². The Morgan fingerprint density at radius 2 is 1.67 bits per heavy atom. The van der Waals surface area contributed by atoms with E-state index in [0.717, 1.165) is 37.5 Å². The molecule has 0 aromatic rings. The Labute approximate surface area is 146 Å². The number of hydrogen-bond acceptors (Lipinski definition) is 3. The van der Waals surface area contributed by atoms with Crippen LogP contribution in [-0.2, 0) is 4.79 Å². The summed E-state index contributed by atoms with van der Waals surface area (Å²) < 4.78 is 0. The molecule has 0 amide bonds. The summed E-state index contributed by atoms with van der Waals surface area (Å²) in [7, 11) is 0. The zero-order chi connectivity index (χ0) is 17.1. The van der Waals surface area contributed by atoms with Gasteiger partial charge in [-0.25, -0.2) is 0 Å². The number of aliphatic hydroxyl groups is 2. The third-order valence-corrected chi connectivity index (χ3v) is 9.18. The van der Waals surface area contributed by atoms with Crippen molar-refractivity contribution in [1.29, 1.82) is 0 Å². The van der Waals surface area contributed by atoms with E-state index in [-0.39, 0.29) is 29.8 Å². The summed E-state index contributed by atoms with van der Waals surface area (Å²) in [6.45, 7) is 4.57. The molecule has 0 saturated heterocycles. The molecule has 3 heteroatoms. The lowest BCUT2D eigenvalue weighted by molar-refractivity contribution is -0.141.